The predicted octanol–water partition coefficient (Wildman–Crippen LogP) is 1.99. The second-order valence-corrected chi connectivity index (χ2v) is 10.5. The average Bonchev–Trinajstić information content (AvgIpc) is 3.27. The summed E-state index contributed by atoms with van der Waals surface area (Å²) in [6, 6.07) is 6.96. The van der Waals surface area contributed by atoms with Crippen LogP contribution < -0.4 is 10.9 Å². The monoisotopic (exact) mass is 472 g/mol. The number of hydrogen-bond acceptors (Lipinski definition) is 6. The van der Waals surface area contributed by atoms with Gasteiger partial charge in [-0.1, -0.05) is 0 Å². The molecule has 3 aromatic rings. The van der Waals surface area contributed by atoms with E-state index >= 15 is 0 Å². The molecular weight excluding hydrogens is 444 g/mol. The van der Waals surface area contributed by atoms with Gasteiger partial charge in [-0.3, -0.25) is 9.59 Å². The molecule has 10 heteroatoms. The fraction of sp³-hybridized carbons (Fsp3) is 0.391. The Kier molecular flexibility index (Phi) is 6.31. The number of aryl methyl sites for hydroxylation is 1. The molecule has 1 aliphatic heterocycles. The number of likely N-dealkylation sites (tertiary alicyclic amines) is 1. The second kappa shape index (κ2) is 9.03. The molecule has 1 aromatic carbocycles. The molecule has 2 N–H and O–H groups in total. The molecule has 4 rings (SSSR count). The maximum atomic E-state index is 12.5. The van der Waals surface area contributed by atoms with E-state index in [1.54, 1.807) is 42.5 Å². The number of aromatic amines is 1. The van der Waals surface area contributed by atoms with Crippen LogP contribution in [-0.4, -0.2) is 67.9 Å². The van der Waals surface area contributed by atoms with Gasteiger partial charge < -0.3 is 24.5 Å². The van der Waals surface area contributed by atoms with Crippen molar-refractivity contribution in [3.05, 3.63) is 47.0 Å². The Labute approximate surface area is 192 Å². The minimum atomic E-state index is -3.42. The molecule has 3 heterocycles. The van der Waals surface area contributed by atoms with Gasteiger partial charge in [0.05, 0.1) is 4.90 Å². The van der Waals surface area contributed by atoms with Gasteiger partial charge >= 0.3 is 0 Å². The highest BCUT2D eigenvalue weighted by molar-refractivity contribution is 7.90. The number of piperidine rings is 1. The molecule has 0 spiro atoms. The number of nitrogens with zero attached hydrogens (tertiary/aromatic N) is 2. The zero-order chi connectivity index (χ0) is 23.8. The van der Waals surface area contributed by atoms with E-state index in [0.29, 0.717) is 24.2 Å². The van der Waals surface area contributed by atoms with E-state index in [-0.39, 0.29) is 29.0 Å². The molecular formula is C23H28N4O5S. The van der Waals surface area contributed by atoms with Crippen molar-refractivity contribution in [3.63, 3.8) is 0 Å². The number of aromatic nitrogens is 2. The van der Waals surface area contributed by atoms with Crippen LogP contribution in [0.3, 0.4) is 0 Å². The number of fused-ring (bicyclic) bond motifs is 1. The normalized spacial score (nSPS) is 15.2. The van der Waals surface area contributed by atoms with Crippen LogP contribution in [0.1, 0.15) is 12.8 Å². The first-order chi connectivity index (χ1) is 15.7. The number of nitrogens with one attached hydrogen (secondary N) is 2. The summed E-state index contributed by atoms with van der Waals surface area (Å²) in [6.45, 7) is 1.33. The van der Waals surface area contributed by atoms with Crippen LogP contribution in [0.15, 0.2) is 46.3 Å². The molecule has 0 radical (unpaired) electrons. The van der Waals surface area contributed by atoms with Gasteiger partial charge in [0.25, 0.3) is 5.56 Å². The molecule has 1 amide bonds. The lowest BCUT2D eigenvalue weighted by molar-refractivity contribution is -0.136. The Morgan fingerprint density at radius 1 is 1.21 bits per heavy atom. The smallest absolute Gasteiger partial charge is 0.274 e. The summed E-state index contributed by atoms with van der Waals surface area (Å²) in [5.74, 6) is -0.0193. The molecule has 9 nitrogen and oxygen atoms in total. The molecule has 0 atom stereocenters. The van der Waals surface area contributed by atoms with Gasteiger partial charge in [0.15, 0.2) is 9.84 Å². The molecule has 176 valence electrons. The van der Waals surface area contributed by atoms with Crippen molar-refractivity contribution in [3.8, 4) is 11.1 Å². The van der Waals surface area contributed by atoms with Gasteiger partial charge in [-0.15, -0.1) is 0 Å². The van der Waals surface area contributed by atoms with E-state index < -0.39 is 9.84 Å². The maximum Gasteiger partial charge on any atom is 0.274 e. The number of sulfone groups is 1. The fourth-order valence-electron chi connectivity index (χ4n) is 4.29. The number of hydrogen-bond donors (Lipinski definition) is 2. The molecule has 33 heavy (non-hydrogen) atoms. The first-order valence-corrected chi connectivity index (χ1v) is 12.6. The first-order valence-electron chi connectivity index (χ1n) is 10.7. The number of carbonyl (C=O) groups is 1. The van der Waals surface area contributed by atoms with Gasteiger partial charge in [0.2, 0.25) is 5.91 Å². The zero-order valence-electron chi connectivity index (χ0n) is 18.9. The molecule has 0 aliphatic carbocycles. The fourth-order valence-corrected chi connectivity index (χ4v) is 4.94. The number of methoxy groups -OCH3 is 1. The minimum absolute atomic E-state index is 0.0193. The van der Waals surface area contributed by atoms with E-state index in [0.717, 1.165) is 29.5 Å². The van der Waals surface area contributed by atoms with Crippen LogP contribution in [-0.2, 0) is 26.4 Å². The number of anilines is 1. The topological polar surface area (TPSA) is 114 Å². The van der Waals surface area contributed by atoms with E-state index in [2.05, 4.69) is 10.3 Å². The molecule has 1 aliphatic rings. The van der Waals surface area contributed by atoms with E-state index in [1.165, 1.54) is 17.9 Å². The Balaban J connectivity index is 1.71. The van der Waals surface area contributed by atoms with E-state index in [9.17, 15) is 18.0 Å². The second-order valence-electron chi connectivity index (χ2n) is 8.44. The number of ether oxygens (including phenoxy) is 1. The third-order valence-corrected chi connectivity index (χ3v) is 7.19. The summed E-state index contributed by atoms with van der Waals surface area (Å²) in [4.78, 5) is 29.6. The summed E-state index contributed by atoms with van der Waals surface area (Å²) in [7, 11) is -0.242. The summed E-state index contributed by atoms with van der Waals surface area (Å²) in [5.41, 5.74) is 2.56. The van der Waals surface area contributed by atoms with Crippen LogP contribution >= 0.6 is 0 Å². The molecule has 0 bridgehead atoms. The molecule has 0 saturated carbocycles. The van der Waals surface area contributed by atoms with Gasteiger partial charge in [0.1, 0.15) is 12.1 Å². The largest absolute Gasteiger partial charge is 0.382 e. The average molecular weight is 473 g/mol. The maximum absolute atomic E-state index is 12.5. The van der Waals surface area contributed by atoms with Crippen molar-refractivity contribution in [2.75, 3.05) is 38.4 Å². The molecule has 2 aromatic heterocycles. The minimum Gasteiger partial charge on any atom is -0.382 e. The van der Waals surface area contributed by atoms with Crippen molar-refractivity contribution in [1.29, 1.82) is 0 Å². The Morgan fingerprint density at radius 3 is 2.61 bits per heavy atom. The lowest BCUT2D eigenvalue weighted by Crippen LogP contribution is -2.43. The van der Waals surface area contributed by atoms with Crippen LogP contribution in [0.25, 0.3) is 22.0 Å². The third kappa shape index (κ3) is 4.67. The Morgan fingerprint density at radius 2 is 1.94 bits per heavy atom. The Bertz CT molecular complexity index is 1350. The lowest BCUT2D eigenvalue weighted by atomic mass is 9.99. The summed E-state index contributed by atoms with van der Waals surface area (Å²) < 4.78 is 31.0. The number of carbonyl (C=O) groups excluding carboxylic acids is 1. The van der Waals surface area contributed by atoms with Crippen LogP contribution in [0.5, 0.6) is 0 Å². The van der Waals surface area contributed by atoms with Crippen molar-refractivity contribution in [2.45, 2.75) is 23.8 Å². The highest BCUT2D eigenvalue weighted by atomic mass is 32.2. The van der Waals surface area contributed by atoms with Crippen LogP contribution in [0.4, 0.5) is 5.69 Å². The number of amides is 1. The zero-order valence-corrected chi connectivity index (χ0v) is 19.7. The number of benzene rings is 1. The highest BCUT2D eigenvalue weighted by Crippen LogP contribution is 2.35. The third-order valence-electron chi connectivity index (χ3n) is 6.08. The van der Waals surface area contributed by atoms with E-state index in [1.807, 2.05) is 6.07 Å². The number of pyridine rings is 1. The standard InChI is InChI=1S/C23H28N4O5S/c1-26-13-19(17-6-9-24-22(17)23(26)29)18-12-16(33(3,30)31)4-5-20(18)25-15-7-10-27(11-8-15)21(28)14-32-2/h4-6,9,12-13,15,24-25H,7-8,10-11,14H2,1-3H3. The van der Waals surface area contributed by atoms with E-state index in [4.69, 9.17) is 4.74 Å². The molecule has 1 fully saturated rings. The van der Waals surface area contributed by atoms with Crippen molar-refractivity contribution < 1.29 is 17.9 Å². The van der Waals surface area contributed by atoms with Crippen molar-refractivity contribution >= 4 is 32.3 Å². The summed E-state index contributed by atoms with van der Waals surface area (Å²) in [5, 5.41) is 4.28. The predicted molar refractivity (Wildman–Crippen MR) is 127 cm³/mol. The highest BCUT2D eigenvalue weighted by Gasteiger charge is 2.24. The van der Waals surface area contributed by atoms with Crippen LogP contribution in [0, 0.1) is 0 Å². The van der Waals surface area contributed by atoms with Gasteiger partial charge in [-0.2, -0.15) is 0 Å². The SMILES string of the molecule is COCC(=O)N1CCC(Nc2ccc(S(C)(=O)=O)cc2-c2cn(C)c(=O)c3[nH]ccc23)CC1. The van der Waals surface area contributed by atoms with Crippen molar-refractivity contribution in [1.82, 2.24) is 14.5 Å². The van der Waals surface area contributed by atoms with Gasteiger partial charge in [0, 0.05) is 74.1 Å². The van der Waals surface area contributed by atoms with Gasteiger partial charge in [-0.25, -0.2) is 8.42 Å². The van der Waals surface area contributed by atoms with Crippen molar-refractivity contribution in [2.24, 2.45) is 7.05 Å². The lowest BCUT2D eigenvalue weighted by Gasteiger charge is -2.33. The number of rotatable bonds is 6. The first kappa shape index (κ1) is 23.1. The molecule has 1 saturated heterocycles. The summed E-state index contributed by atoms with van der Waals surface area (Å²) in [6.07, 6.45) is 6.14. The summed E-state index contributed by atoms with van der Waals surface area (Å²) >= 11 is 0. The Hall–Kier alpha value is -3.11. The number of H-pyrrole nitrogens is 1. The quantitative estimate of drug-likeness (QED) is 0.567. The van der Waals surface area contributed by atoms with Gasteiger partial charge in [-0.05, 0) is 37.1 Å². The van der Waals surface area contributed by atoms with Crippen LogP contribution in [0.2, 0.25) is 0 Å². The molecule has 0 unspecified atom stereocenters.